The van der Waals surface area contributed by atoms with Crippen molar-refractivity contribution in [2.75, 3.05) is 7.11 Å². The molecule has 4 nitrogen and oxygen atoms in total. The van der Waals surface area contributed by atoms with E-state index in [4.69, 9.17) is 9.47 Å². The van der Waals surface area contributed by atoms with Crippen molar-refractivity contribution in [3.8, 4) is 11.5 Å². The lowest BCUT2D eigenvalue weighted by atomic mass is 10.1. The molecule has 21 heavy (non-hydrogen) atoms. The first-order chi connectivity index (χ1) is 10.0. The lowest BCUT2D eigenvalue weighted by Gasteiger charge is -2.12. The second-order valence-electron chi connectivity index (χ2n) is 4.55. The minimum Gasteiger partial charge on any atom is -0.496 e. The maximum atomic E-state index is 11.2. The summed E-state index contributed by atoms with van der Waals surface area (Å²) < 4.78 is 11.6. The molecule has 0 unspecified atom stereocenters. The number of ether oxygens (including phenoxy) is 2. The van der Waals surface area contributed by atoms with Gasteiger partial charge in [0.05, 0.1) is 7.11 Å². The smallest absolute Gasteiger partial charge is 0.339 e. The van der Waals surface area contributed by atoms with Gasteiger partial charge in [-0.3, -0.25) is 0 Å². The molecule has 0 fully saturated rings. The zero-order chi connectivity index (χ0) is 15.4. The molecule has 0 spiro atoms. The van der Waals surface area contributed by atoms with Crippen molar-refractivity contribution in [2.24, 2.45) is 0 Å². The molecule has 2 aromatic carbocycles. The molecule has 0 radical (unpaired) electrons. The number of aryl methyl sites for hydroxylation is 1. The van der Waals surface area contributed by atoms with Crippen LogP contribution in [0.1, 0.15) is 21.5 Å². The Morgan fingerprint density at radius 3 is 2.57 bits per heavy atom. The third-order valence-corrected chi connectivity index (χ3v) is 3.48. The Labute approximate surface area is 131 Å². The van der Waals surface area contributed by atoms with Gasteiger partial charge < -0.3 is 14.6 Å². The van der Waals surface area contributed by atoms with E-state index in [1.807, 2.05) is 25.1 Å². The SMILES string of the molecule is COc1ccc(C)cc1COc1ccc(Br)cc1C(=O)O. The topological polar surface area (TPSA) is 55.8 Å². The molecule has 0 amide bonds. The minimum atomic E-state index is -1.03. The van der Waals surface area contributed by atoms with Crippen LogP contribution in [0.5, 0.6) is 11.5 Å². The van der Waals surface area contributed by atoms with Gasteiger partial charge in [-0.05, 0) is 37.3 Å². The molecule has 0 saturated heterocycles. The van der Waals surface area contributed by atoms with E-state index >= 15 is 0 Å². The summed E-state index contributed by atoms with van der Waals surface area (Å²) in [5.74, 6) is 0.0198. The Hall–Kier alpha value is -2.01. The standard InChI is InChI=1S/C16H15BrO4/c1-10-3-5-14(20-2)11(7-10)9-21-15-6-4-12(17)8-13(15)16(18)19/h3-8H,9H2,1-2H3,(H,18,19). The largest absolute Gasteiger partial charge is 0.496 e. The van der Waals surface area contributed by atoms with Crippen molar-refractivity contribution in [1.29, 1.82) is 0 Å². The Morgan fingerprint density at radius 2 is 1.90 bits per heavy atom. The van der Waals surface area contributed by atoms with E-state index in [1.165, 1.54) is 6.07 Å². The number of methoxy groups -OCH3 is 1. The van der Waals surface area contributed by atoms with Gasteiger partial charge in [0, 0.05) is 10.0 Å². The van der Waals surface area contributed by atoms with Crippen molar-refractivity contribution in [1.82, 2.24) is 0 Å². The molecule has 0 aromatic heterocycles. The van der Waals surface area contributed by atoms with Crippen LogP contribution in [0.2, 0.25) is 0 Å². The number of carboxylic acid groups (broad SMARTS) is 1. The van der Waals surface area contributed by atoms with Gasteiger partial charge in [0.1, 0.15) is 23.7 Å². The number of carboxylic acids is 1. The lowest BCUT2D eigenvalue weighted by Crippen LogP contribution is -2.04. The summed E-state index contributed by atoms with van der Waals surface area (Å²) in [4.78, 5) is 11.2. The molecule has 0 bridgehead atoms. The normalized spacial score (nSPS) is 10.2. The summed E-state index contributed by atoms with van der Waals surface area (Å²) in [6, 6.07) is 10.7. The van der Waals surface area contributed by atoms with Crippen LogP contribution < -0.4 is 9.47 Å². The van der Waals surface area contributed by atoms with Gasteiger partial charge in [0.2, 0.25) is 0 Å². The van der Waals surface area contributed by atoms with Crippen molar-refractivity contribution < 1.29 is 19.4 Å². The fraction of sp³-hybridized carbons (Fsp3) is 0.188. The predicted octanol–water partition coefficient (Wildman–Crippen LogP) is 4.04. The number of hydrogen-bond acceptors (Lipinski definition) is 3. The van der Waals surface area contributed by atoms with Crippen LogP contribution in [-0.2, 0) is 6.61 Å². The Morgan fingerprint density at radius 1 is 1.19 bits per heavy atom. The molecule has 2 aromatic rings. The summed E-state index contributed by atoms with van der Waals surface area (Å²) in [5.41, 5.74) is 2.08. The van der Waals surface area contributed by atoms with Crippen molar-refractivity contribution in [3.05, 3.63) is 57.6 Å². The highest BCUT2D eigenvalue weighted by Gasteiger charge is 2.13. The number of aromatic carboxylic acids is 1. The summed E-state index contributed by atoms with van der Waals surface area (Å²) in [7, 11) is 1.59. The maximum absolute atomic E-state index is 11.2. The molecule has 0 aliphatic rings. The Balaban J connectivity index is 2.24. The van der Waals surface area contributed by atoms with Crippen LogP contribution in [0.3, 0.4) is 0 Å². The highest BCUT2D eigenvalue weighted by atomic mass is 79.9. The zero-order valence-corrected chi connectivity index (χ0v) is 13.3. The monoisotopic (exact) mass is 350 g/mol. The first-order valence-electron chi connectivity index (χ1n) is 6.30. The maximum Gasteiger partial charge on any atom is 0.339 e. The Bertz CT molecular complexity index is 667. The number of benzene rings is 2. The fourth-order valence-corrected chi connectivity index (χ4v) is 2.33. The highest BCUT2D eigenvalue weighted by Crippen LogP contribution is 2.26. The van der Waals surface area contributed by atoms with E-state index in [-0.39, 0.29) is 12.2 Å². The predicted molar refractivity (Wildman–Crippen MR) is 83.2 cm³/mol. The number of rotatable bonds is 5. The molecule has 0 aliphatic carbocycles. The first-order valence-corrected chi connectivity index (χ1v) is 7.09. The number of hydrogen-bond donors (Lipinski definition) is 1. The quantitative estimate of drug-likeness (QED) is 0.883. The average Bonchev–Trinajstić information content (AvgIpc) is 2.46. The van der Waals surface area contributed by atoms with Crippen LogP contribution in [-0.4, -0.2) is 18.2 Å². The summed E-state index contributed by atoms with van der Waals surface area (Å²) in [6.07, 6.45) is 0. The van der Waals surface area contributed by atoms with Crippen molar-refractivity contribution >= 4 is 21.9 Å². The summed E-state index contributed by atoms with van der Waals surface area (Å²) in [6.45, 7) is 2.22. The zero-order valence-electron chi connectivity index (χ0n) is 11.7. The van der Waals surface area contributed by atoms with Gasteiger partial charge in [-0.2, -0.15) is 0 Å². The number of carbonyl (C=O) groups is 1. The second kappa shape index (κ2) is 6.63. The molecule has 5 heteroatoms. The van der Waals surface area contributed by atoms with E-state index in [0.717, 1.165) is 16.9 Å². The molecule has 0 atom stereocenters. The third-order valence-electron chi connectivity index (χ3n) is 2.99. The van der Waals surface area contributed by atoms with Gasteiger partial charge in [0.25, 0.3) is 0 Å². The fourth-order valence-electron chi connectivity index (χ4n) is 1.97. The molecule has 1 N–H and O–H groups in total. The van der Waals surface area contributed by atoms with E-state index in [2.05, 4.69) is 15.9 Å². The van der Waals surface area contributed by atoms with Crippen molar-refractivity contribution in [3.63, 3.8) is 0 Å². The van der Waals surface area contributed by atoms with Crippen molar-refractivity contribution in [2.45, 2.75) is 13.5 Å². The highest BCUT2D eigenvalue weighted by molar-refractivity contribution is 9.10. The van der Waals surface area contributed by atoms with Gasteiger partial charge in [-0.25, -0.2) is 4.79 Å². The van der Waals surface area contributed by atoms with E-state index in [0.29, 0.717) is 10.2 Å². The van der Waals surface area contributed by atoms with E-state index in [1.54, 1.807) is 19.2 Å². The van der Waals surface area contributed by atoms with Gasteiger partial charge in [-0.1, -0.05) is 27.6 Å². The first kappa shape index (κ1) is 15.4. The van der Waals surface area contributed by atoms with Gasteiger partial charge in [0.15, 0.2) is 0 Å². The lowest BCUT2D eigenvalue weighted by molar-refractivity contribution is 0.0691. The van der Waals surface area contributed by atoms with Crippen LogP contribution in [0.4, 0.5) is 0 Å². The molecule has 0 aliphatic heterocycles. The van der Waals surface area contributed by atoms with Gasteiger partial charge >= 0.3 is 5.97 Å². The average molecular weight is 351 g/mol. The van der Waals surface area contributed by atoms with Crippen LogP contribution >= 0.6 is 15.9 Å². The summed E-state index contributed by atoms with van der Waals surface area (Å²) >= 11 is 3.25. The minimum absolute atomic E-state index is 0.121. The molecule has 0 heterocycles. The molecular weight excluding hydrogens is 336 g/mol. The molecule has 2 rings (SSSR count). The van der Waals surface area contributed by atoms with Crippen LogP contribution in [0, 0.1) is 6.92 Å². The van der Waals surface area contributed by atoms with Crippen LogP contribution in [0.25, 0.3) is 0 Å². The molecule has 110 valence electrons. The van der Waals surface area contributed by atoms with Gasteiger partial charge in [-0.15, -0.1) is 0 Å². The molecule has 0 saturated carbocycles. The third kappa shape index (κ3) is 3.76. The second-order valence-corrected chi connectivity index (χ2v) is 5.47. The van der Waals surface area contributed by atoms with E-state index < -0.39 is 5.97 Å². The van der Waals surface area contributed by atoms with Crippen LogP contribution in [0.15, 0.2) is 40.9 Å². The Kier molecular flexibility index (Phi) is 4.85. The molecular formula is C16H15BrO4. The summed E-state index contributed by atoms with van der Waals surface area (Å²) in [5, 5.41) is 9.21. The van der Waals surface area contributed by atoms with E-state index in [9.17, 15) is 9.90 Å². The number of halogens is 1.